The van der Waals surface area contributed by atoms with Crippen molar-refractivity contribution in [2.24, 2.45) is 0 Å². The van der Waals surface area contributed by atoms with Crippen molar-refractivity contribution in [3.05, 3.63) is 59.1 Å². The first-order chi connectivity index (χ1) is 11.7. The first kappa shape index (κ1) is 16.1. The number of nitrogens with one attached hydrogen (secondary N) is 2. The molecule has 0 unspecified atom stereocenters. The molecule has 3 aromatic rings. The zero-order valence-electron chi connectivity index (χ0n) is 13.2. The van der Waals surface area contributed by atoms with Crippen LogP contribution in [0.3, 0.4) is 0 Å². The number of nitrogens with zero attached hydrogens (tertiary/aromatic N) is 4. The summed E-state index contributed by atoms with van der Waals surface area (Å²) < 4.78 is 1.68. The zero-order valence-corrected chi connectivity index (χ0v) is 14.0. The van der Waals surface area contributed by atoms with Crippen LogP contribution in [-0.2, 0) is 6.54 Å². The molecule has 2 heterocycles. The number of benzene rings is 1. The predicted octanol–water partition coefficient (Wildman–Crippen LogP) is 2.33. The van der Waals surface area contributed by atoms with Crippen LogP contribution in [0.2, 0.25) is 0 Å². The molecule has 0 saturated heterocycles. The number of carbonyl (C=O) groups excluding carboxylic acids is 1. The maximum atomic E-state index is 11.9. The van der Waals surface area contributed by atoms with Crippen LogP contribution in [0.25, 0.3) is 5.69 Å². The van der Waals surface area contributed by atoms with E-state index in [9.17, 15) is 4.79 Å². The summed E-state index contributed by atoms with van der Waals surface area (Å²) in [5, 5.41) is 12.8. The Hall–Kier alpha value is -2.74. The number of amides is 2. The molecule has 8 heteroatoms. The Morgan fingerprint density at radius 1 is 1.29 bits per heavy atom. The van der Waals surface area contributed by atoms with Gasteiger partial charge in [-0.15, -0.1) is 11.3 Å². The molecule has 2 aromatic heterocycles. The quantitative estimate of drug-likeness (QED) is 0.720. The van der Waals surface area contributed by atoms with E-state index in [4.69, 9.17) is 0 Å². The van der Waals surface area contributed by atoms with Gasteiger partial charge in [-0.3, -0.25) is 0 Å². The monoisotopic (exact) mass is 342 g/mol. The van der Waals surface area contributed by atoms with E-state index in [2.05, 4.69) is 25.7 Å². The van der Waals surface area contributed by atoms with E-state index in [0.29, 0.717) is 13.1 Å². The van der Waals surface area contributed by atoms with Gasteiger partial charge in [-0.1, -0.05) is 19.1 Å². The second kappa shape index (κ2) is 7.69. The third-order valence-corrected chi connectivity index (χ3v) is 4.52. The fourth-order valence-corrected chi connectivity index (χ4v) is 2.86. The SMILES string of the molecule is C[C@@H](CNC(=O)NCc1ccc(-n2cncn2)cc1)c1nccs1. The van der Waals surface area contributed by atoms with E-state index < -0.39 is 0 Å². The third-order valence-electron chi connectivity index (χ3n) is 3.51. The highest BCUT2D eigenvalue weighted by atomic mass is 32.1. The van der Waals surface area contributed by atoms with Gasteiger partial charge in [0, 0.05) is 30.6 Å². The number of hydrogen-bond acceptors (Lipinski definition) is 5. The second-order valence-corrected chi connectivity index (χ2v) is 6.27. The van der Waals surface area contributed by atoms with E-state index in [0.717, 1.165) is 16.3 Å². The minimum Gasteiger partial charge on any atom is -0.337 e. The molecule has 24 heavy (non-hydrogen) atoms. The van der Waals surface area contributed by atoms with Crippen molar-refractivity contribution in [1.29, 1.82) is 0 Å². The molecule has 0 radical (unpaired) electrons. The van der Waals surface area contributed by atoms with Gasteiger partial charge in [-0.2, -0.15) is 5.10 Å². The van der Waals surface area contributed by atoms with Crippen LogP contribution in [-0.4, -0.2) is 32.3 Å². The normalized spacial score (nSPS) is 11.9. The van der Waals surface area contributed by atoms with Crippen LogP contribution in [0, 0.1) is 0 Å². The maximum absolute atomic E-state index is 11.9. The van der Waals surface area contributed by atoms with Crippen molar-refractivity contribution in [2.45, 2.75) is 19.4 Å². The molecule has 0 aliphatic rings. The Labute approximate surface area is 143 Å². The predicted molar refractivity (Wildman–Crippen MR) is 92.1 cm³/mol. The maximum Gasteiger partial charge on any atom is 0.315 e. The molecule has 0 aliphatic carbocycles. The topological polar surface area (TPSA) is 84.7 Å². The average molecular weight is 342 g/mol. The van der Waals surface area contributed by atoms with Gasteiger partial charge in [-0.25, -0.2) is 19.4 Å². The Morgan fingerprint density at radius 3 is 2.79 bits per heavy atom. The summed E-state index contributed by atoms with van der Waals surface area (Å²) in [7, 11) is 0. The number of hydrogen-bond donors (Lipinski definition) is 2. The first-order valence-electron chi connectivity index (χ1n) is 7.57. The Kier molecular flexibility index (Phi) is 5.17. The van der Waals surface area contributed by atoms with Gasteiger partial charge in [0.05, 0.1) is 10.7 Å². The highest BCUT2D eigenvalue weighted by molar-refractivity contribution is 7.09. The summed E-state index contributed by atoms with van der Waals surface area (Å²) in [5.74, 6) is 0.206. The number of aromatic nitrogens is 4. The molecule has 2 amide bonds. The highest BCUT2D eigenvalue weighted by Crippen LogP contribution is 2.16. The summed E-state index contributed by atoms with van der Waals surface area (Å²) in [6, 6.07) is 7.60. The first-order valence-corrected chi connectivity index (χ1v) is 8.45. The van der Waals surface area contributed by atoms with Gasteiger partial charge in [0.2, 0.25) is 0 Å². The lowest BCUT2D eigenvalue weighted by Crippen LogP contribution is -2.37. The molecule has 0 saturated carbocycles. The van der Waals surface area contributed by atoms with Crippen LogP contribution in [0.4, 0.5) is 4.79 Å². The van der Waals surface area contributed by atoms with Gasteiger partial charge >= 0.3 is 6.03 Å². The summed E-state index contributed by atoms with van der Waals surface area (Å²) in [6.07, 6.45) is 4.91. The van der Waals surface area contributed by atoms with Crippen LogP contribution < -0.4 is 10.6 Å². The summed E-state index contributed by atoms with van der Waals surface area (Å²) in [6.45, 7) is 3.07. The van der Waals surface area contributed by atoms with E-state index in [1.54, 1.807) is 28.5 Å². The number of rotatable bonds is 6. The molecule has 2 N–H and O–H groups in total. The lowest BCUT2D eigenvalue weighted by molar-refractivity contribution is 0.240. The molecule has 0 fully saturated rings. The van der Waals surface area contributed by atoms with Crippen molar-refractivity contribution in [1.82, 2.24) is 30.4 Å². The summed E-state index contributed by atoms with van der Waals surface area (Å²) in [5.41, 5.74) is 1.94. The number of thiazole rings is 1. The van der Waals surface area contributed by atoms with Gasteiger partial charge in [0.15, 0.2) is 0 Å². The van der Waals surface area contributed by atoms with E-state index in [1.807, 2.05) is 36.6 Å². The fourth-order valence-electron chi connectivity index (χ4n) is 2.16. The van der Waals surface area contributed by atoms with Crippen LogP contribution in [0.15, 0.2) is 48.5 Å². The van der Waals surface area contributed by atoms with Crippen LogP contribution in [0.1, 0.15) is 23.4 Å². The smallest absolute Gasteiger partial charge is 0.315 e. The Morgan fingerprint density at radius 2 is 2.12 bits per heavy atom. The van der Waals surface area contributed by atoms with Crippen molar-refractivity contribution in [3.63, 3.8) is 0 Å². The molecule has 0 spiro atoms. The van der Waals surface area contributed by atoms with Crippen LogP contribution in [0.5, 0.6) is 0 Å². The number of urea groups is 1. The van der Waals surface area contributed by atoms with E-state index in [1.165, 1.54) is 6.33 Å². The average Bonchev–Trinajstić information content (AvgIpc) is 3.31. The molecular weight excluding hydrogens is 324 g/mol. The molecule has 3 rings (SSSR count). The third kappa shape index (κ3) is 4.17. The van der Waals surface area contributed by atoms with Crippen molar-refractivity contribution >= 4 is 17.4 Å². The lowest BCUT2D eigenvalue weighted by Gasteiger charge is -2.11. The summed E-state index contributed by atoms with van der Waals surface area (Å²) >= 11 is 1.60. The largest absolute Gasteiger partial charge is 0.337 e. The van der Waals surface area contributed by atoms with Gasteiger partial charge < -0.3 is 10.6 Å². The van der Waals surface area contributed by atoms with Gasteiger partial charge in [0.25, 0.3) is 0 Å². The van der Waals surface area contributed by atoms with Crippen molar-refractivity contribution in [2.75, 3.05) is 6.54 Å². The molecule has 1 atom stereocenters. The second-order valence-electron chi connectivity index (χ2n) is 5.34. The summed E-state index contributed by atoms with van der Waals surface area (Å²) in [4.78, 5) is 20.1. The van der Waals surface area contributed by atoms with E-state index in [-0.39, 0.29) is 11.9 Å². The van der Waals surface area contributed by atoms with Gasteiger partial charge in [-0.05, 0) is 17.7 Å². The van der Waals surface area contributed by atoms with Crippen molar-refractivity contribution < 1.29 is 4.79 Å². The minimum atomic E-state index is -0.182. The minimum absolute atomic E-state index is 0.182. The van der Waals surface area contributed by atoms with Gasteiger partial charge in [0.1, 0.15) is 12.7 Å². The molecule has 0 aliphatic heterocycles. The molecular formula is C16H18N6OS. The van der Waals surface area contributed by atoms with Crippen LogP contribution >= 0.6 is 11.3 Å². The van der Waals surface area contributed by atoms with E-state index >= 15 is 0 Å². The van der Waals surface area contributed by atoms with Crippen molar-refractivity contribution in [3.8, 4) is 5.69 Å². The number of carbonyl (C=O) groups is 1. The lowest BCUT2D eigenvalue weighted by atomic mass is 10.2. The molecule has 1 aromatic carbocycles. The highest BCUT2D eigenvalue weighted by Gasteiger charge is 2.09. The molecule has 0 bridgehead atoms. The molecule has 7 nitrogen and oxygen atoms in total. The fraction of sp³-hybridized carbons (Fsp3) is 0.250. The Balaban J connectivity index is 1.44. The zero-order chi connectivity index (χ0) is 16.8. The standard InChI is InChI=1S/C16H18N6OS/c1-12(15-18-6-7-24-15)8-19-16(23)20-9-13-2-4-14(5-3-13)22-11-17-10-21-22/h2-7,10-12H,8-9H2,1H3,(H2,19,20,23)/t12-/m0/s1. The molecule has 124 valence electrons. The Bertz CT molecular complexity index is 754.